The minimum Gasteiger partial charge on any atom is -0.350 e. The smallest absolute Gasteiger partial charge is 0.346 e. The quantitative estimate of drug-likeness (QED) is 0.522. The van der Waals surface area contributed by atoms with Crippen molar-refractivity contribution >= 4 is 15.9 Å². The number of carbonyl (C=O) groups excluding carboxylic acids is 1. The highest BCUT2D eigenvalue weighted by molar-refractivity contribution is 7.89. The van der Waals surface area contributed by atoms with Crippen molar-refractivity contribution in [2.24, 2.45) is 0 Å². The lowest BCUT2D eigenvalue weighted by Gasteiger charge is -2.15. The van der Waals surface area contributed by atoms with Crippen LogP contribution in [0, 0.1) is 0 Å². The number of benzene rings is 1. The minimum absolute atomic E-state index is 0.154. The van der Waals surface area contributed by atoms with Gasteiger partial charge in [-0.3, -0.25) is 14.3 Å². The Hall–Kier alpha value is -3.31. The fourth-order valence-electron chi connectivity index (χ4n) is 4.15. The number of rotatable bonds is 8. The molecule has 0 unspecified atom stereocenters. The van der Waals surface area contributed by atoms with Gasteiger partial charge in [-0.05, 0) is 62.1 Å². The molecule has 1 saturated carbocycles. The molecule has 2 fully saturated rings. The molecule has 1 N–H and O–H groups in total. The van der Waals surface area contributed by atoms with Gasteiger partial charge in [0.05, 0.1) is 11.4 Å². The molecular formula is C23H26N6O4S. The van der Waals surface area contributed by atoms with Crippen LogP contribution >= 0.6 is 0 Å². The fraction of sp³-hybridized carbons (Fsp3) is 0.391. The normalized spacial score (nSPS) is 16.6. The van der Waals surface area contributed by atoms with Crippen molar-refractivity contribution < 1.29 is 13.2 Å². The standard InChI is InChI=1S/C23H26N6O4S/c30-22(17-5-9-20(10-6-17)34(32,33)27-13-1-2-14-27)25-12-15-28-23(31)29(19-7-8-19)21(26-28)18-4-3-11-24-16-18/h3-6,9-11,16,19H,1-2,7-8,12-15H2,(H,25,30). The molecule has 0 radical (unpaired) electrons. The van der Waals surface area contributed by atoms with Gasteiger partial charge >= 0.3 is 5.69 Å². The first kappa shape index (κ1) is 22.5. The molecule has 10 nitrogen and oxygen atoms in total. The summed E-state index contributed by atoms with van der Waals surface area (Å²) in [6.07, 6.45) is 6.97. The maximum atomic E-state index is 12.9. The Morgan fingerprint density at radius 1 is 1.09 bits per heavy atom. The van der Waals surface area contributed by atoms with Crippen LogP contribution in [-0.4, -0.2) is 57.6 Å². The number of carbonyl (C=O) groups is 1. The van der Waals surface area contributed by atoms with Crippen LogP contribution in [0.2, 0.25) is 0 Å². The summed E-state index contributed by atoms with van der Waals surface area (Å²) in [5.74, 6) is 0.244. The first-order chi connectivity index (χ1) is 16.4. The summed E-state index contributed by atoms with van der Waals surface area (Å²) in [7, 11) is -3.52. The zero-order valence-corrected chi connectivity index (χ0v) is 19.4. The van der Waals surface area contributed by atoms with Gasteiger partial charge in [-0.25, -0.2) is 17.9 Å². The molecule has 3 aromatic rings. The third kappa shape index (κ3) is 4.40. The zero-order chi connectivity index (χ0) is 23.7. The van der Waals surface area contributed by atoms with Crippen molar-refractivity contribution in [2.75, 3.05) is 19.6 Å². The lowest BCUT2D eigenvalue weighted by atomic mass is 10.2. The van der Waals surface area contributed by atoms with Crippen LogP contribution in [-0.2, 0) is 16.6 Å². The van der Waals surface area contributed by atoms with Gasteiger partial charge in [-0.2, -0.15) is 4.31 Å². The number of hydrogen-bond acceptors (Lipinski definition) is 6. The largest absolute Gasteiger partial charge is 0.350 e. The Labute approximate surface area is 197 Å². The van der Waals surface area contributed by atoms with Crippen LogP contribution in [0.5, 0.6) is 0 Å². The van der Waals surface area contributed by atoms with E-state index in [4.69, 9.17) is 0 Å². The number of nitrogens with zero attached hydrogens (tertiary/aromatic N) is 5. The average Bonchev–Trinajstić information content (AvgIpc) is 3.41. The van der Waals surface area contributed by atoms with Gasteiger partial charge in [0.1, 0.15) is 0 Å². The molecule has 5 rings (SSSR count). The highest BCUT2D eigenvalue weighted by atomic mass is 32.2. The summed E-state index contributed by atoms with van der Waals surface area (Å²) in [4.78, 5) is 29.8. The number of amides is 1. The summed E-state index contributed by atoms with van der Waals surface area (Å²) < 4.78 is 29.8. The van der Waals surface area contributed by atoms with Gasteiger partial charge in [-0.15, -0.1) is 5.10 Å². The molecule has 2 aliphatic rings. The Morgan fingerprint density at radius 2 is 1.82 bits per heavy atom. The van der Waals surface area contributed by atoms with E-state index in [0.29, 0.717) is 24.5 Å². The molecule has 1 aliphatic heterocycles. The van der Waals surface area contributed by atoms with Crippen molar-refractivity contribution in [1.29, 1.82) is 0 Å². The van der Waals surface area contributed by atoms with E-state index in [1.165, 1.54) is 33.3 Å². The van der Waals surface area contributed by atoms with E-state index < -0.39 is 10.0 Å². The molecule has 3 heterocycles. The van der Waals surface area contributed by atoms with Crippen LogP contribution < -0.4 is 11.0 Å². The third-order valence-corrected chi connectivity index (χ3v) is 8.04. The lowest BCUT2D eigenvalue weighted by molar-refractivity contribution is 0.0951. The van der Waals surface area contributed by atoms with E-state index in [0.717, 1.165) is 31.2 Å². The summed E-state index contributed by atoms with van der Waals surface area (Å²) in [5, 5.41) is 7.27. The molecule has 1 aliphatic carbocycles. The summed E-state index contributed by atoms with van der Waals surface area (Å²) >= 11 is 0. The highest BCUT2D eigenvalue weighted by Gasteiger charge is 2.30. The van der Waals surface area contributed by atoms with E-state index in [-0.39, 0.29) is 35.6 Å². The molecule has 178 valence electrons. The van der Waals surface area contributed by atoms with E-state index in [9.17, 15) is 18.0 Å². The second-order valence-corrected chi connectivity index (χ2v) is 10.5. The average molecular weight is 483 g/mol. The number of aromatic nitrogens is 4. The summed E-state index contributed by atoms with van der Waals surface area (Å²) in [6.45, 7) is 1.49. The van der Waals surface area contributed by atoms with E-state index in [1.807, 2.05) is 6.07 Å². The second kappa shape index (κ2) is 9.15. The maximum Gasteiger partial charge on any atom is 0.346 e. The van der Waals surface area contributed by atoms with Crippen molar-refractivity contribution in [2.45, 2.75) is 43.2 Å². The predicted molar refractivity (Wildman–Crippen MR) is 125 cm³/mol. The predicted octanol–water partition coefficient (Wildman–Crippen LogP) is 1.66. The van der Waals surface area contributed by atoms with Crippen molar-refractivity contribution in [1.82, 2.24) is 29.0 Å². The first-order valence-electron chi connectivity index (χ1n) is 11.4. The minimum atomic E-state index is -3.52. The Kier molecular flexibility index (Phi) is 6.05. The molecule has 0 spiro atoms. The van der Waals surface area contributed by atoms with Crippen molar-refractivity contribution in [3.63, 3.8) is 0 Å². The highest BCUT2D eigenvalue weighted by Crippen LogP contribution is 2.36. The van der Waals surface area contributed by atoms with Crippen LogP contribution in [0.3, 0.4) is 0 Å². The maximum absolute atomic E-state index is 12.9. The molecule has 0 bridgehead atoms. The first-order valence-corrected chi connectivity index (χ1v) is 12.9. The molecule has 1 saturated heterocycles. The number of nitrogens with one attached hydrogen (secondary N) is 1. The molecule has 1 amide bonds. The Balaban J connectivity index is 1.24. The summed E-state index contributed by atoms with van der Waals surface area (Å²) in [6, 6.07) is 9.77. The van der Waals surface area contributed by atoms with Gasteiger partial charge in [0, 0.05) is 49.2 Å². The van der Waals surface area contributed by atoms with Gasteiger partial charge in [0.15, 0.2) is 5.82 Å². The van der Waals surface area contributed by atoms with Crippen LogP contribution in [0.15, 0.2) is 58.5 Å². The number of hydrogen-bond donors (Lipinski definition) is 1. The Bertz CT molecular complexity index is 1340. The monoisotopic (exact) mass is 482 g/mol. The van der Waals surface area contributed by atoms with Gasteiger partial charge in [-0.1, -0.05) is 0 Å². The molecule has 11 heteroatoms. The topological polar surface area (TPSA) is 119 Å². The Morgan fingerprint density at radius 3 is 2.47 bits per heavy atom. The SMILES string of the molecule is O=C(NCCn1nc(-c2cccnc2)n(C2CC2)c1=O)c1ccc(S(=O)(=O)N2CCCC2)cc1. The number of sulfonamides is 1. The molecular weight excluding hydrogens is 456 g/mol. The number of pyridine rings is 1. The van der Waals surface area contributed by atoms with Crippen LogP contribution in [0.1, 0.15) is 42.1 Å². The lowest BCUT2D eigenvalue weighted by Crippen LogP contribution is -2.32. The van der Waals surface area contributed by atoms with Crippen LogP contribution in [0.25, 0.3) is 11.4 Å². The van der Waals surface area contributed by atoms with Crippen molar-refractivity contribution in [3.05, 3.63) is 64.8 Å². The van der Waals surface area contributed by atoms with Crippen molar-refractivity contribution in [3.8, 4) is 11.4 Å². The van der Waals surface area contributed by atoms with E-state index >= 15 is 0 Å². The molecule has 1 aromatic carbocycles. The van der Waals surface area contributed by atoms with Gasteiger partial charge < -0.3 is 5.32 Å². The van der Waals surface area contributed by atoms with Gasteiger partial charge in [0.25, 0.3) is 5.91 Å². The third-order valence-electron chi connectivity index (χ3n) is 6.13. The van der Waals surface area contributed by atoms with E-state index in [1.54, 1.807) is 23.0 Å². The molecule has 2 aromatic heterocycles. The van der Waals surface area contributed by atoms with E-state index in [2.05, 4.69) is 15.4 Å². The van der Waals surface area contributed by atoms with Crippen LogP contribution in [0.4, 0.5) is 0 Å². The van der Waals surface area contributed by atoms with Gasteiger partial charge in [0.2, 0.25) is 10.0 Å². The second-order valence-electron chi connectivity index (χ2n) is 8.56. The zero-order valence-electron chi connectivity index (χ0n) is 18.6. The summed E-state index contributed by atoms with van der Waals surface area (Å²) in [5.41, 5.74) is 0.928. The molecule has 0 atom stereocenters. The fourth-order valence-corrected chi connectivity index (χ4v) is 5.67. The molecule has 34 heavy (non-hydrogen) atoms.